The van der Waals surface area contributed by atoms with E-state index in [2.05, 4.69) is 17.1 Å². The van der Waals surface area contributed by atoms with Crippen LogP contribution in [-0.2, 0) is 0 Å². The summed E-state index contributed by atoms with van der Waals surface area (Å²) in [5.74, 6) is 0.926. The molecule has 1 saturated carbocycles. The number of hydrogen-bond donors (Lipinski definition) is 2. The normalized spacial score (nSPS) is 25.8. The molecule has 88 valence electrons. The molecular formula is C12H24N2O. The summed E-state index contributed by atoms with van der Waals surface area (Å²) in [6.07, 6.45) is 4.62. The van der Waals surface area contributed by atoms with Gasteiger partial charge in [0.2, 0.25) is 0 Å². The van der Waals surface area contributed by atoms with Crippen LogP contribution in [-0.4, -0.2) is 48.3 Å². The van der Waals surface area contributed by atoms with Crippen molar-refractivity contribution in [3.05, 3.63) is 0 Å². The van der Waals surface area contributed by atoms with Crippen molar-refractivity contribution in [1.29, 1.82) is 0 Å². The number of hydrogen-bond acceptors (Lipinski definition) is 3. The average molecular weight is 212 g/mol. The van der Waals surface area contributed by atoms with Gasteiger partial charge in [0, 0.05) is 13.1 Å². The molecule has 0 radical (unpaired) electrons. The standard InChI is InChI=1S/C12H24N2O/c1-2-14(9-11-3-4-11)10-12(15)5-7-13-8-6-12/h11,13,15H,2-10H2,1H3. The molecule has 1 saturated heterocycles. The Hall–Kier alpha value is -0.120. The maximum absolute atomic E-state index is 10.4. The molecule has 3 heteroatoms. The highest BCUT2D eigenvalue weighted by Gasteiger charge is 2.32. The molecule has 3 nitrogen and oxygen atoms in total. The quantitative estimate of drug-likeness (QED) is 0.708. The fourth-order valence-electron chi connectivity index (χ4n) is 2.44. The van der Waals surface area contributed by atoms with E-state index in [1.165, 1.54) is 19.4 Å². The molecule has 0 amide bonds. The van der Waals surface area contributed by atoms with Crippen LogP contribution >= 0.6 is 0 Å². The zero-order chi connectivity index (χ0) is 10.7. The molecule has 2 N–H and O–H groups in total. The monoisotopic (exact) mass is 212 g/mol. The van der Waals surface area contributed by atoms with Crippen LogP contribution in [0.15, 0.2) is 0 Å². The van der Waals surface area contributed by atoms with Crippen LogP contribution in [0.25, 0.3) is 0 Å². The Bertz CT molecular complexity index is 198. The number of likely N-dealkylation sites (N-methyl/N-ethyl adjacent to an activating group) is 1. The van der Waals surface area contributed by atoms with Gasteiger partial charge in [0.1, 0.15) is 0 Å². The van der Waals surface area contributed by atoms with Crippen LogP contribution in [0.1, 0.15) is 32.6 Å². The number of piperidine rings is 1. The van der Waals surface area contributed by atoms with Gasteiger partial charge in [-0.15, -0.1) is 0 Å². The van der Waals surface area contributed by atoms with Crippen molar-refractivity contribution in [2.75, 3.05) is 32.7 Å². The van der Waals surface area contributed by atoms with Crippen LogP contribution in [0.5, 0.6) is 0 Å². The predicted octanol–water partition coefficient (Wildman–Crippen LogP) is 0.833. The molecule has 0 aromatic heterocycles. The Morgan fingerprint density at radius 1 is 1.33 bits per heavy atom. The number of nitrogens with zero attached hydrogens (tertiary/aromatic N) is 1. The molecule has 0 aromatic carbocycles. The Kier molecular flexibility index (Phi) is 3.65. The lowest BCUT2D eigenvalue weighted by atomic mass is 9.92. The van der Waals surface area contributed by atoms with Crippen molar-refractivity contribution in [1.82, 2.24) is 10.2 Å². The summed E-state index contributed by atoms with van der Waals surface area (Å²) in [7, 11) is 0. The third-order valence-corrected chi connectivity index (χ3v) is 3.71. The minimum Gasteiger partial charge on any atom is -0.388 e. The Morgan fingerprint density at radius 3 is 2.53 bits per heavy atom. The van der Waals surface area contributed by atoms with Gasteiger partial charge >= 0.3 is 0 Å². The average Bonchev–Trinajstić information content (AvgIpc) is 3.01. The topological polar surface area (TPSA) is 35.5 Å². The third-order valence-electron chi connectivity index (χ3n) is 3.71. The lowest BCUT2D eigenvalue weighted by Gasteiger charge is -2.37. The highest BCUT2D eigenvalue weighted by molar-refractivity contribution is 4.88. The highest BCUT2D eigenvalue weighted by atomic mass is 16.3. The Balaban J connectivity index is 1.80. The second-order valence-corrected chi connectivity index (χ2v) is 5.25. The summed E-state index contributed by atoms with van der Waals surface area (Å²) in [4.78, 5) is 2.43. The van der Waals surface area contributed by atoms with E-state index < -0.39 is 5.60 Å². The summed E-state index contributed by atoms with van der Waals surface area (Å²) in [5.41, 5.74) is -0.420. The SMILES string of the molecule is CCN(CC1CC1)CC1(O)CCNCC1. The zero-order valence-corrected chi connectivity index (χ0v) is 9.84. The van der Waals surface area contributed by atoms with Gasteiger partial charge in [-0.05, 0) is 51.2 Å². The summed E-state index contributed by atoms with van der Waals surface area (Å²) in [6.45, 7) is 7.29. The van der Waals surface area contributed by atoms with E-state index in [1.54, 1.807) is 0 Å². The number of rotatable bonds is 5. The zero-order valence-electron chi connectivity index (χ0n) is 9.84. The van der Waals surface area contributed by atoms with E-state index in [0.717, 1.165) is 44.9 Å². The smallest absolute Gasteiger partial charge is 0.0798 e. The van der Waals surface area contributed by atoms with E-state index in [0.29, 0.717) is 0 Å². The fourth-order valence-corrected chi connectivity index (χ4v) is 2.44. The minimum absolute atomic E-state index is 0.420. The first kappa shape index (κ1) is 11.4. The highest BCUT2D eigenvalue weighted by Crippen LogP contribution is 2.30. The van der Waals surface area contributed by atoms with E-state index in [9.17, 15) is 5.11 Å². The Morgan fingerprint density at radius 2 is 2.00 bits per heavy atom. The predicted molar refractivity (Wildman–Crippen MR) is 61.9 cm³/mol. The molecule has 0 spiro atoms. The molecule has 0 atom stereocenters. The number of nitrogens with one attached hydrogen (secondary N) is 1. The van der Waals surface area contributed by atoms with Crippen molar-refractivity contribution < 1.29 is 5.11 Å². The maximum Gasteiger partial charge on any atom is 0.0798 e. The maximum atomic E-state index is 10.4. The second kappa shape index (κ2) is 4.81. The molecular weight excluding hydrogens is 188 g/mol. The molecule has 2 fully saturated rings. The first-order chi connectivity index (χ1) is 7.22. The largest absolute Gasteiger partial charge is 0.388 e. The van der Waals surface area contributed by atoms with Gasteiger partial charge in [-0.25, -0.2) is 0 Å². The van der Waals surface area contributed by atoms with Gasteiger partial charge in [0.05, 0.1) is 5.60 Å². The van der Waals surface area contributed by atoms with Gasteiger partial charge in [-0.2, -0.15) is 0 Å². The van der Waals surface area contributed by atoms with E-state index in [-0.39, 0.29) is 0 Å². The molecule has 15 heavy (non-hydrogen) atoms. The summed E-state index contributed by atoms with van der Waals surface area (Å²) in [5, 5.41) is 13.7. The summed E-state index contributed by atoms with van der Waals surface area (Å²) >= 11 is 0. The van der Waals surface area contributed by atoms with E-state index in [1.807, 2.05) is 0 Å². The van der Waals surface area contributed by atoms with E-state index >= 15 is 0 Å². The first-order valence-corrected chi connectivity index (χ1v) is 6.37. The van der Waals surface area contributed by atoms with Gasteiger partial charge in [0.25, 0.3) is 0 Å². The van der Waals surface area contributed by atoms with Crippen LogP contribution in [0, 0.1) is 5.92 Å². The van der Waals surface area contributed by atoms with Crippen molar-refractivity contribution >= 4 is 0 Å². The molecule has 1 aliphatic heterocycles. The lowest BCUT2D eigenvalue weighted by molar-refractivity contribution is -0.0207. The molecule has 1 heterocycles. The molecule has 2 rings (SSSR count). The van der Waals surface area contributed by atoms with Gasteiger partial charge < -0.3 is 15.3 Å². The van der Waals surface area contributed by atoms with Crippen LogP contribution < -0.4 is 5.32 Å². The van der Waals surface area contributed by atoms with Crippen molar-refractivity contribution in [2.24, 2.45) is 5.92 Å². The van der Waals surface area contributed by atoms with Crippen LogP contribution in [0.4, 0.5) is 0 Å². The fraction of sp³-hybridized carbons (Fsp3) is 1.00. The van der Waals surface area contributed by atoms with Gasteiger partial charge in [0.15, 0.2) is 0 Å². The van der Waals surface area contributed by atoms with Gasteiger partial charge in [-0.3, -0.25) is 0 Å². The third kappa shape index (κ3) is 3.44. The molecule has 2 aliphatic rings. The van der Waals surface area contributed by atoms with Gasteiger partial charge in [-0.1, -0.05) is 6.92 Å². The van der Waals surface area contributed by atoms with Crippen LogP contribution in [0.3, 0.4) is 0 Å². The summed E-state index contributed by atoms with van der Waals surface area (Å²) < 4.78 is 0. The van der Waals surface area contributed by atoms with Crippen LogP contribution in [0.2, 0.25) is 0 Å². The molecule has 0 aromatic rings. The first-order valence-electron chi connectivity index (χ1n) is 6.37. The molecule has 0 bridgehead atoms. The second-order valence-electron chi connectivity index (χ2n) is 5.25. The molecule has 0 unspecified atom stereocenters. The lowest BCUT2D eigenvalue weighted by Crippen LogP contribution is -2.50. The Labute approximate surface area is 92.8 Å². The minimum atomic E-state index is -0.420. The number of aliphatic hydroxyl groups is 1. The van der Waals surface area contributed by atoms with Crippen molar-refractivity contribution in [3.8, 4) is 0 Å². The van der Waals surface area contributed by atoms with Crippen molar-refractivity contribution in [2.45, 2.75) is 38.2 Å². The molecule has 1 aliphatic carbocycles. The summed E-state index contributed by atoms with van der Waals surface area (Å²) in [6, 6.07) is 0. The van der Waals surface area contributed by atoms with Crippen molar-refractivity contribution in [3.63, 3.8) is 0 Å². The van der Waals surface area contributed by atoms with E-state index in [4.69, 9.17) is 0 Å².